The molecule has 0 radical (unpaired) electrons. The van der Waals surface area contributed by atoms with E-state index in [1.165, 1.54) is 11.6 Å². The van der Waals surface area contributed by atoms with Crippen molar-refractivity contribution >= 4 is 6.09 Å². The lowest BCUT2D eigenvalue weighted by Crippen LogP contribution is -2.39. The highest BCUT2D eigenvalue weighted by atomic mass is 19.1. The van der Waals surface area contributed by atoms with Crippen molar-refractivity contribution in [3.63, 3.8) is 0 Å². The first kappa shape index (κ1) is 18.6. The highest BCUT2D eigenvalue weighted by Crippen LogP contribution is 2.37. The van der Waals surface area contributed by atoms with E-state index in [0.29, 0.717) is 31.5 Å². The lowest BCUT2D eigenvalue weighted by molar-refractivity contribution is -0.114. The maximum Gasteiger partial charge on any atom is 0.426 e. The summed E-state index contributed by atoms with van der Waals surface area (Å²) in [5.74, 6) is -1.48. The van der Waals surface area contributed by atoms with E-state index in [4.69, 9.17) is 4.84 Å². The topological polar surface area (TPSA) is 82.0 Å². The summed E-state index contributed by atoms with van der Waals surface area (Å²) >= 11 is 0. The summed E-state index contributed by atoms with van der Waals surface area (Å²) < 4.78 is 13.6. The highest BCUT2D eigenvalue weighted by molar-refractivity contribution is 5.68. The van der Waals surface area contributed by atoms with E-state index in [-0.39, 0.29) is 17.7 Å². The fourth-order valence-corrected chi connectivity index (χ4v) is 4.14. The number of hydroxylamine groups is 2. The van der Waals surface area contributed by atoms with Crippen LogP contribution in [-0.2, 0) is 11.3 Å². The van der Waals surface area contributed by atoms with Crippen molar-refractivity contribution < 1.29 is 24.2 Å². The minimum Gasteiger partial charge on any atom is -0.508 e. The van der Waals surface area contributed by atoms with Crippen LogP contribution in [0.3, 0.4) is 0 Å². The van der Waals surface area contributed by atoms with Crippen molar-refractivity contribution in [1.29, 1.82) is 0 Å². The minimum absolute atomic E-state index is 0.0295. The quantitative estimate of drug-likeness (QED) is 0.749. The van der Waals surface area contributed by atoms with Gasteiger partial charge < -0.3 is 20.4 Å². The van der Waals surface area contributed by atoms with Gasteiger partial charge in [0.2, 0.25) is 0 Å². The Morgan fingerprint density at radius 2 is 1.82 bits per heavy atom. The molecule has 0 aromatic heterocycles. The van der Waals surface area contributed by atoms with Crippen LogP contribution in [0.2, 0.25) is 0 Å². The summed E-state index contributed by atoms with van der Waals surface area (Å²) in [6.07, 6.45) is 2.55. The molecule has 1 aliphatic carbocycles. The van der Waals surface area contributed by atoms with Gasteiger partial charge in [-0.1, -0.05) is 24.3 Å². The Balaban J connectivity index is 1.30. The number of carbonyl (C=O) groups is 1. The van der Waals surface area contributed by atoms with Gasteiger partial charge in [-0.15, -0.1) is 5.06 Å². The van der Waals surface area contributed by atoms with Crippen molar-refractivity contribution in [2.75, 3.05) is 13.1 Å². The third-order valence-electron chi connectivity index (χ3n) is 5.63. The number of nitrogens with zero attached hydrogens (tertiary/aromatic N) is 1. The average molecular weight is 386 g/mol. The smallest absolute Gasteiger partial charge is 0.426 e. The second-order valence-corrected chi connectivity index (χ2v) is 7.38. The lowest BCUT2D eigenvalue weighted by Gasteiger charge is -2.31. The number of nitrogens with one attached hydrogen (secondary N) is 1. The number of benzene rings is 2. The van der Waals surface area contributed by atoms with E-state index in [1.807, 2.05) is 18.2 Å². The van der Waals surface area contributed by atoms with E-state index in [9.17, 15) is 19.4 Å². The summed E-state index contributed by atoms with van der Waals surface area (Å²) in [7, 11) is 0. The number of fused-ring (bicyclic) bond motifs is 1. The summed E-state index contributed by atoms with van der Waals surface area (Å²) in [6, 6.07) is 10.3. The predicted molar refractivity (Wildman–Crippen MR) is 100 cm³/mol. The monoisotopic (exact) mass is 386 g/mol. The van der Waals surface area contributed by atoms with Crippen molar-refractivity contribution in [3.8, 4) is 11.5 Å². The Morgan fingerprint density at radius 3 is 2.61 bits per heavy atom. The molecule has 4 rings (SSSR count). The van der Waals surface area contributed by atoms with Crippen LogP contribution in [0, 0.1) is 5.82 Å². The number of hydrogen-bond donors (Lipinski definition) is 3. The van der Waals surface area contributed by atoms with Gasteiger partial charge in [0.25, 0.3) is 0 Å². The number of halogens is 1. The number of aryl methyl sites for hydroxylation is 1. The molecule has 1 atom stereocenters. The SMILES string of the molecule is O=C(N[C@H]1CCc2ccccc21)ON1CCC(c2cc(F)c(O)cc2O)CC1. The molecule has 1 amide bonds. The van der Waals surface area contributed by atoms with Gasteiger partial charge in [-0.05, 0) is 48.8 Å². The second kappa shape index (κ2) is 7.67. The molecule has 2 aliphatic rings. The first-order chi connectivity index (χ1) is 13.5. The summed E-state index contributed by atoms with van der Waals surface area (Å²) in [4.78, 5) is 17.7. The molecule has 7 heteroatoms. The molecular formula is C21H23FN2O4. The summed E-state index contributed by atoms with van der Waals surface area (Å²) in [6.45, 7) is 0.975. The average Bonchev–Trinajstić information content (AvgIpc) is 3.08. The second-order valence-electron chi connectivity index (χ2n) is 7.38. The van der Waals surface area contributed by atoms with Gasteiger partial charge in [0.1, 0.15) is 5.75 Å². The largest absolute Gasteiger partial charge is 0.508 e. The van der Waals surface area contributed by atoms with E-state index in [0.717, 1.165) is 24.5 Å². The van der Waals surface area contributed by atoms with E-state index in [2.05, 4.69) is 11.4 Å². The number of piperidine rings is 1. The van der Waals surface area contributed by atoms with Gasteiger partial charge in [-0.25, -0.2) is 9.18 Å². The molecule has 2 aromatic rings. The molecule has 3 N–H and O–H groups in total. The van der Waals surface area contributed by atoms with Crippen LogP contribution in [-0.4, -0.2) is 34.5 Å². The molecular weight excluding hydrogens is 363 g/mol. The molecule has 2 aromatic carbocycles. The Morgan fingerprint density at radius 1 is 1.07 bits per heavy atom. The molecule has 1 fully saturated rings. The van der Waals surface area contributed by atoms with Crippen molar-refractivity contribution in [3.05, 3.63) is 58.9 Å². The van der Waals surface area contributed by atoms with E-state index >= 15 is 0 Å². The predicted octanol–water partition coefficient (Wildman–Crippen LogP) is 3.75. The van der Waals surface area contributed by atoms with Crippen LogP contribution in [0.4, 0.5) is 9.18 Å². The third kappa shape index (κ3) is 3.75. The molecule has 0 bridgehead atoms. The molecule has 0 saturated carbocycles. The molecule has 0 unspecified atom stereocenters. The number of amides is 1. The van der Waals surface area contributed by atoms with Crippen molar-refractivity contribution in [2.45, 2.75) is 37.6 Å². The number of aromatic hydroxyl groups is 2. The Hall–Kier alpha value is -2.80. The molecule has 1 aliphatic heterocycles. The zero-order chi connectivity index (χ0) is 19.7. The van der Waals surface area contributed by atoms with Gasteiger partial charge in [-0.2, -0.15) is 0 Å². The van der Waals surface area contributed by atoms with Crippen LogP contribution in [0.5, 0.6) is 11.5 Å². The van der Waals surface area contributed by atoms with Crippen molar-refractivity contribution in [2.24, 2.45) is 0 Å². The molecule has 148 valence electrons. The maximum atomic E-state index is 13.6. The molecule has 6 nitrogen and oxygen atoms in total. The van der Waals surface area contributed by atoms with Gasteiger partial charge in [0, 0.05) is 24.7 Å². The van der Waals surface area contributed by atoms with Crippen LogP contribution < -0.4 is 5.32 Å². The standard InChI is InChI=1S/C21H23FN2O4/c22-17-11-16(19(25)12-20(17)26)14-7-9-24(10-8-14)28-21(27)23-18-6-5-13-3-1-2-4-15(13)18/h1-4,11-12,14,18,25-26H,5-10H2,(H,23,27)/t18-/m0/s1. The van der Waals surface area contributed by atoms with Crippen LogP contribution >= 0.6 is 0 Å². The zero-order valence-corrected chi connectivity index (χ0v) is 15.4. The highest BCUT2D eigenvalue weighted by Gasteiger charge is 2.28. The van der Waals surface area contributed by atoms with E-state index < -0.39 is 17.7 Å². The molecule has 1 heterocycles. The number of carbonyl (C=O) groups excluding carboxylic acids is 1. The Bertz CT molecular complexity index is 881. The molecule has 0 spiro atoms. The van der Waals surface area contributed by atoms with Crippen LogP contribution in [0.1, 0.15) is 47.9 Å². The first-order valence-electron chi connectivity index (χ1n) is 9.54. The van der Waals surface area contributed by atoms with Crippen LogP contribution in [0.15, 0.2) is 36.4 Å². The molecule has 1 saturated heterocycles. The minimum atomic E-state index is -0.747. The summed E-state index contributed by atoms with van der Waals surface area (Å²) in [5, 5.41) is 23.8. The number of rotatable bonds is 3. The number of phenols is 2. The first-order valence-corrected chi connectivity index (χ1v) is 9.54. The van der Waals surface area contributed by atoms with Crippen LogP contribution in [0.25, 0.3) is 0 Å². The fraction of sp³-hybridized carbons (Fsp3) is 0.381. The maximum absolute atomic E-state index is 13.6. The van der Waals surface area contributed by atoms with Gasteiger partial charge in [0.05, 0.1) is 6.04 Å². The zero-order valence-electron chi connectivity index (χ0n) is 15.4. The van der Waals surface area contributed by atoms with Gasteiger partial charge in [-0.3, -0.25) is 0 Å². The van der Waals surface area contributed by atoms with Crippen molar-refractivity contribution in [1.82, 2.24) is 10.4 Å². The van der Waals surface area contributed by atoms with E-state index in [1.54, 1.807) is 5.06 Å². The summed E-state index contributed by atoms with van der Waals surface area (Å²) in [5.41, 5.74) is 2.87. The Kier molecular flexibility index (Phi) is 5.09. The Labute approximate surface area is 162 Å². The number of phenolic OH excluding ortho intramolecular Hbond substituents is 2. The lowest BCUT2D eigenvalue weighted by atomic mass is 9.89. The fourth-order valence-electron chi connectivity index (χ4n) is 4.14. The number of hydrogen-bond acceptors (Lipinski definition) is 5. The third-order valence-corrected chi connectivity index (χ3v) is 5.63. The van der Waals surface area contributed by atoms with Gasteiger partial charge in [0.15, 0.2) is 11.6 Å². The van der Waals surface area contributed by atoms with Gasteiger partial charge >= 0.3 is 6.09 Å². The normalized spacial score (nSPS) is 20.0. The molecule has 28 heavy (non-hydrogen) atoms.